The van der Waals surface area contributed by atoms with E-state index in [0.29, 0.717) is 16.4 Å². The lowest BCUT2D eigenvalue weighted by Gasteiger charge is -2.11. The topological polar surface area (TPSA) is 87.3 Å². The maximum Gasteiger partial charge on any atom is 0.323 e. The van der Waals surface area contributed by atoms with Crippen LogP contribution in [-0.2, 0) is 10.0 Å². The third kappa shape index (κ3) is 5.55. The van der Waals surface area contributed by atoms with Gasteiger partial charge >= 0.3 is 6.03 Å². The molecule has 0 aliphatic heterocycles. The second-order valence-corrected chi connectivity index (χ2v) is 8.72. The number of nitrogens with one attached hydrogen (secondary N) is 3. The van der Waals surface area contributed by atoms with Crippen molar-refractivity contribution in [3.63, 3.8) is 0 Å². The zero-order chi connectivity index (χ0) is 21.0. The van der Waals surface area contributed by atoms with Gasteiger partial charge in [-0.2, -0.15) is 0 Å². The zero-order valence-electron chi connectivity index (χ0n) is 14.6. The summed E-state index contributed by atoms with van der Waals surface area (Å²) in [5.74, 6) is 0. The van der Waals surface area contributed by atoms with E-state index in [4.69, 9.17) is 34.8 Å². The molecule has 0 saturated heterocycles. The van der Waals surface area contributed by atoms with E-state index in [9.17, 15) is 13.2 Å². The fourth-order valence-corrected chi connectivity index (χ4v) is 3.93. The van der Waals surface area contributed by atoms with Crippen molar-refractivity contribution in [2.75, 3.05) is 15.4 Å². The van der Waals surface area contributed by atoms with Gasteiger partial charge in [0.25, 0.3) is 10.0 Å². The van der Waals surface area contributed by atoms with E-state index < -0.39 is 16.1 Å². The highest BCUT2D eigenvalue weighted by Crippen LogP contribution is 2.31. The van der Waals surface area contributed by atoms with Crippen LogP contribution in [0, 0.1) is 0 Å². The van der Waals surface area contributed by atoms with Gasteiger partial charge in [-0.3, -0.25) is 4.72 Å². The fourth-order valence-electron chi connectivity index (χ4n) is 2.33. The van der Waals surface area contributed by atoms with Crippen LogP contribution in [0.5, 0.6) is 0 Å². The molecule has 0 fully saturated rings. The summed E-state index contributed by atoms with van der Waals surface area (Å²) in [7, 11) is -3.88. The van der Waals surface area contributed by atoms with Gasteiger partial charge < -0.3 is 10.6 Å². The number of halogens is 3. The molecule has 0 radical (unpaired) electrons. The molecule has 3 N–H and O–H groups in total. The Bertz CT molecular complexity index is 1140. The Hall–Kier alpha value is -2.45. The fraction of sp³-hybridized carbons (Fsp3) is 0. The predicted octanol–water partition coefficient (Wildman–Crippen LogP) is 6.09. The Balaban J connectivity index is 1.68. The summed E-state index contributed by atoms with van der Waals surface area (Å²) in [6.07, 6.45) is 0. The standard InChI is InChI=1S/C19H14Cl3N3O3S/c20-12-4-6-13(7-5-12)23-19(26)24-14-8-10-15(11-9-14)29(27,28)25-17-3-1-2-16(21)18(17)22/h1-11,25H,(H2,23,24,26). The molecule has 0 heterocycles. The van der Waals surface area contributed by atoms with Crippen molar-refractivity contribution < 1.29 is 13.2 Å². The number of hydrogen-bond acceptors (Lipinski definition) is 3. The van der Waals surface area contributed by atoms with Gasteiger partial charge in [0.15, 0.2) is 0 Å². The Morgan fingerprint density at radius 2 is 1.31 bits per heavy atom. The summed E-state index contributed by atoms with van der Waals surface area (Å²) in [5.41, 5.74) is 1.15. The average molecular weight is 471 g/mol. The number of benzene rings is 3. The number of carbonyl (C=O) groups is 1. The largest absolute Gasteiger partial charge is 0.323 e. The first kappa shape index (κ1) is 21.3. The number of hydrogen-bond donors (Lipinski definition) is 3. The van der Waals surface area contributed by atoms with E-state index in [1.165, 1.54) is 30.3 Å². The van der Waals surface area contributed by atoms with Crippen LogP contribution in [0.2, 0.25) is 15.1 Å². The second kappa shape index (κ2) is 8.92. The molecular weight excluding hydrogens is 457 g/mol. The van der Waals surface area contributed by atoms with Crippen molar-refractivity contribution in [2.45, 2.75) is 4.90 Å². The number of anilines is 3. The highest BCUT2D eigenvalue weighted by molar-refractivity contribution is 7.92. The van der Waals surface area contributed by atoms with E-state index in [1.54, 1.807) is 36.4 Å². The minimum atomic E-state index is -3.88. The summed E-state index contributed by atoms with van der Waals surface area (Å²) >= 11 is 17.7. The molecule has 0 spiro atoms. The quantitative estimate of drug-likeness (QED) is 0.421. The van der Waals surface area contributed by atoms with Crippen LogP contribution in [0.1, 0.15) is 0 Å². The molecule has 3 aromatic carbocycles. The maximum absolute atomic E-state index is 12.5. The number of sulfonamides is 1. The molecule has 150 valence electrons. The van der Waals surface area contributed by atoms with E-state index in [-0.39, 0.29) is 20.6 Å². The van der Waals surface area contributed by atoms with Gasteiger partial charge in [-0.25, -0.2) is 13.2 Å². The van der Waals surface area contributed by atoms with Gasteiger partial charge in [-0.1, -0.05) is 40.9 Å². The van der Waals surface area contributed by atoms with Gasteiger partial charge in [0.05, 0.1) is 20.6 Å². The van der Waals surface area contributed by atoms with Gasteiger partial charge in [-0.15, -0.1) is 0 Å². The van der Waals surface area contributed by atoms with Crippen molar-refractivity contribution in [2.24, 2.45) is 0 Å². The second-order valence-electron chi connectivity index (χ2n) is 5.82. The molecule has 0 saturated carbocycles. The van der Waals surface area contributed by atoms with Crippen LogP contribution in [-0.4, -0.2) is 14.4 Å². The van der Waals surface area contributed by atoms with E-state index in [0.717, 1.165) is 0 Å². The maximum atomic E-state index is 12.5. The normalized spacial score (nSPS) is 11.0. The number of amides is 2. The van der Waals surface area contributed by atoms with Crippen LogP contribution in [0.15, 0.2) is 71.6 Å². The van der Waals surface area contributed by atoms with Crippen LogP contribution in [0.4, 0.5) is 21.9 Å². The highest BCUT2D eigenvalue weighted by atomic mass is 35.5. The van der Waals surface area contributed by atoms with Gasteiger partial charge in [-0.05, 0) is 60.7 Å². The number of urea groups is 1. The minimum absolute atomic E-state index is 0.00259. The van der Waals surface area contributed by atoms with E-state index in [1.807, 2.05) is 0 Å². The van der Waals surface area contributed by atoms with Crippen molar-refractivity contribution in [1.29, 1.82) is 0 Å². The first-order valence-corrected chi connectivity index (χ1v) is 10.8. The average Bonchev–Trinajstić information content (AvgIpc) is 2.67. The zero-order valence-corrected chi connectivity index (χ0v) is 17.7. The lowest BCUT2D eigenvalue weighted by Crippen LogP contribution is -2.19. The Labute approximate surface area is 182 Å². The molecule has 0 bridgehead atoms. The Morgan fingerprint density at radius 1 is 0.759 bits per heavy atom. The van der Waals surface area contributed by atoms with Crippen molar-refractivity contribution in [3.8, 4) is 0 Å². The Kier molecular flexibility index (Phi) is 6.54. The van der Waals surface area contributed by atoms with Gasteiger partial charge in [0.1, 0.15) is 0 Å². The molecule has 3 rings (SSSR count). The van der Waals surface area contributed by atoms with Crippen molar-refractivity contribution >= 4 is 67.9 Å². The number of rotatable bonds is 5. The number of carbonyl (C=O) groups excluding carboxylic acids is 1. The van der Waals surface area contributed by atoms with Crippen LogP contribution >= 0.6 is 34.8 Å². The monoisotopic (exact) mass is 469 g/mol. The third-order valence-electron chi connectivity index (χ3n) is 3.72. The summed E-state index contributed by atoms with van der Waals surface area (Å²) in [6, 6.07) is 16.4. The highest BCUT2D eigenvalue weighted by Gasteiger charge is 2.17. The predicted molar refractivity (Wildman–Crippen MR) is 118 cm³/mol. The third-order valence-corrected chi connectivity index (χ3v) is 6.17. The molecule has 0 atom stereocenters. The van der Waals surface area contributed by atoms with Crippen LogP contribution in [0.3, 0.4) is 0 Å². The van der Waals surface area contributed by atoms with E-state index >= 15 is 0 Å². The minimum Gasteiger partial charge on any atom is -0.308 e. The van der Waals surface area contributed by atoms with Gasteiger partial charge in [0.2, 0.25) is 0 Å². The molecule has 3 aromatic rings. The van der Waals surface area contributed by atoms with Crippen molar-refractivity contribution in [1.82, 2.24) is 0 Å². The summed E-state index contributed by atoms with van der Waals surface area (Å²) in [4.78, 5) is 12.0. The molecule has 0 aliphatic carbocycles. The SMILES string of the molecule is O=C(Nc1ccc(Cl)cc1)Nc1ccc(S(=O)(=O)Nc2cccc(Cl)c2Cl)cc1. The van der Waals surface area contributed by atoms with Crippen LogP contribution in [0.25, 0.3) is 0 Å². The molecular formula is C19H14Cl3N3O3S. The molecule has 0 aliphatic rings. The molecule has 0 unspecified atom stereocenters. The van der Waals surface area contributed by atoms with Gasteiger partial charge in [0, 0.05) is 16.4 Å². The Morgan fingerprint density at radius 3 is 1.90 bits per heavy atom. The van der Waals surface area contributed by atoms with E-state index in [2.05, 4.69) is 15.4 Å². The first-order valence-electron chi connectivity index (χ1n) is 8.15. The molecule has 29 heavy (non-hydrogen) atoms. The molecule has 6 nitrogen and oxygen atoms in total. The molecule has 10 heteroatoms. The lowest BCUT2D eigenvalue weighted by atomic mass is 10.3. The molecule has 2 amide bonds. The van der Waals surface area contributed by atoms with Crippen LogP contribution < -0.4 is 15.4 Å². The summed E-state index contributed by atoms with van der Waals surface area (Å²) in [6.45, 7) is 0. The summed E-state index contributed by atoms with van der Waals surface area (Å²) in [5, 5.41) is 6.15. The van der Waals surface area contributed by atoms with Crippen molar-refractivity contribution in [3.05, 3.63) is 81.8 Å². The smallest absolute Gasteiger partial charge is 0.308 e. The molecule has 0 aromatic heterocycles. The summed E-state index contributed by atoms with van der Waals surface area (Å²) < 4.78 is 27.5. The first-order chi connectivity index (χ1) is 13.7. The lowest BCUT2D eigenvalue weighted by molar-refractivity contribution is 0.262.